The lowest BCUT2D eigenvalue weighted by molar-refractivity contribution is -0.227. The average Bonchev–Trinajstić information content (AvgIpc) is 2.40. The van der Waals surface area contributed by atoms with Gasteiger partial charge in [-0.05, 0) is 13.3 Å². The Bertz CT molecular complexity index is 234. The summed E-state index contributed by atoms with van der Waals surface area (Å²) < 4.78 is 10.6. The first kappa shape index (κ1) is 11.5. The van der Waals surface area contributed by atoms with Gasteiger partial charge in [-0.3, -0.25) is 4.79 Å². The molecule has 1 aliphatic rings. The van der Waals surface area contributed by atoms with Crippen LogP contribution < -0.4 is 0 Å². The molecule has 0 bridgehead atoms. The molecule has 4 heteroatoms. The summed E-state index contributed by atoms with van der Waals surface area (Å²) in [6.45, 7) is 3.70. The van der Waals surface area contributed by atoms with Gasteiger partial charge in [0, 0.05) is 26.6 Å². The van der Waals surface area contributed by atoms with Gasteiger partial charge in [-0.25, -0.2) is 0 Å². The number of methoxy groups -OCH3 is 2. The molecule has 0 aromatic carbocycles. The van der Waals surface area contributed by atoms with Crippen LogP contribution in [0.15, 0.2) is 0 Å². The summed E-state index contributed by atoms with van der Waals surface area (Å²) in [6.07, 6.45) is 0.994. The third-order valence-electron chi connectivity index (χ3n) is 3.35. The van der Waals surface area contributed by atoms with Crippen molar-refractivity contribution in [1.29, 1.82) is 0 Å². The second kappa shape index (κ2) is 3.51. The van der Waals surface area contributed by atoms with Gasteiger partial charge in [-0.1, -0.05) is 6.92 Å². The number of aliphatic carboxylic acids is 1. The van der Waals surface area contributed by atoms with E-state index in [1.54, 1.807) is 21.1 Å². The molecule has 0 saturated heterocycles. The SMILES string of the molecule is COC1(OC)C[C@@](C)(C(=O)O)C[C@H]1C. The van der Waals surface area contributed by atoms with Crippen molar-refractivity contribution in [1.82, 2.24) is 0 Å². The van der Waals surface area contributed by atoms with E-state index in [1.165, 1.54) is 0 Å². The molecule has 2 atom stereocenters. The monoisotopic (exact) mass is 202 g/mol. The van der Waals surface area contributed by atoms with Crippen LogP contribution in [0.1, 0.15) is 26.7 Å². The van der Waals surface area contributed by atoms with Crippen molar-refractivity contribution in [3.05, 3.63) is 0 Å². The quantitative estimate of drug-likeness (QED) is 0.704. The summed E-state index contributed by atoms with van der Waals surface area (Å²) in [4.78, 5) is 11.1. The molecule has 14 heavy (non-hydrogen) atoms. The number of hydrogen-bond acceptors (Lipinski definition) is 3. The number of carboxylic acids is 1. The Morgan fingerprint density at radius 1 is 1.43 bits per heavy atom. The number of carbonyl (C=O) groups is 1. The lowest BCUT2D eigenvalue weighted by Gasteiger charge is -2.31. The van der Waals surface area contributed by atoms with Crippen LogP contribution in [0.4, 0.5) is 0 Å². The van der Waals surface area contributed by atoms with Gasteiger partial charge >= 0.3 is 5.97 Å². The van der Waals surface area contributed by atoms with E-state index in [0.29, 0.717) is 12.8 Å². The highest BCUT2D eigenvalue weighted by Gasteiger charge is 2.55. The van der Waals surface area contributed by atoms with Crippen molar-refractivity contribution in [2.75, 3.05) is 14.2 Å². The molecular formula is C10H18O4. The first-order valence-corrected chi connectivity index (χ1v) is 4.74. The molecule has 0 aromatic rings. The molecule has 0 heterocycles. The standard InChI is InChI=1S/C10H18O4/c1-7-5-9(2,8(11)12)6-10(7,13-3)14-4/h7H,5-6H2,1-4H3,(H,11,12)/t7-,9+/m1/s1. The maximum atomic E-state index is 11.1. The summed E-state index contributed by atoms with van der Waals surface area (Å²) in [5.41, 5.74) is -0.731. The molecule has 0 unspecified atom stereocenters. The molecule has 1 fully saturated rings. The smallest absolute Gasteiger partial charge is 0.309 e. The Balaban J connectivity index is 2.92. The van der Waals surface area contributed by atoms with Gasteiger partial charge in [-0.15, -0.1) is 0 Å². The summed E-state index contributed by atoms with van der Waals surface area (Å²) in [7, 11) is 3.13. The van der Waals surface area contributed by atoms with E-state index in [2.05, 4.69) is 0 Å². The maximum Gasteiger partial charge on any atom is 0.309 e. The molecule has 0 amide bonds. The summed E-state index contributed by atoms with van der Waals surface area (Å²) in [5.74, 6) is -1.41. The zero-order valence-electron chi connectivity index (χ0n) is 9.16. The zero-order valence-corrected chi connectivity index (χ0v) is 9.16. The Morgan fingerprint density at radius 2 is 1.93 bits per heavy atom. The molecule has 0 radical (unpaired) electrons. The number of carboxylic acid groups (broad SMARTS) is 1. The van der Waals surface area contributed by atoms with Crippen LogP contribution >= 0.6 is 0 Å². The molecule has 1 N–H and O–H groups in total. The molecular weight excluding hydrogens is 184 g/mol. The van der Waals surface area contributed by atoms with Crippen molar-refractivity contribution >= 4 is 5.97 Å². The summed E-state index contributed by atoms with van der Waals surface area (Å²) in [6, 6.07) is 0. The minimum Gasteiger partial charge on any atom is -0.481 e. The fraction of sp³-hybridized carbons (Fsp3) is 0.900. The van der Waals surface area contributed by atoms with Crippen molar-refractivity contribution in [3.63, 3.8) is 0 Å². The second-order valence-corrected chi connectivity index (χ2v) is 4.37. The first-order chi connectivity index (χ1) is 6.40. The van der Waals surface area contributed by atoms with E-state index >= 15 is 0 Å². The van der Waals surface area contributed by atoms with Gasteiger partial charge in [0.15, 0.2) is 5.79 Å². The van der Waals surface area contributed by atoms with Gasteiger partial charge < -0.3 is 14.6 Å². The van der Waals surface area contributed by atoms with Crippen LogP contribution in [0.25, 0.3) is 0 Å². The van der Waals surface area contributed by atoms with E-state index < -0.39 is 17.2 Å². The predicted molar refractivity (Wildman–Crippen MR) is 50.9 cm³/mol. The van der Waals surface area contributed by atoms with Crippen molar-refractivity contribution in [2.45, 2.75) is 32.5 Å². The van der Waals surface area contributed by atoms with Crippen LogP contribution in [-0.2, 0) is 14.3 Å². The zero-order chi connectivity index (χ0) is 11.0. The molecule has 0 spiro atoms. The molecule has 4 nitrogen and oxygen atoms in total. The van der Waals surface area contributed by atoms with Gasteiger partial charge in [0.2, 0.25) is 0 Å². The Hall–Kier alpha value is -0.610. The minimum atomic E-state index is -0.777. The van der Waals surface area contributed by atoms with Crippen LogP contribution in [0, 0.1) is 11.3 Å². The molecule has 0 aromatic heterocycles. The number of rotatable bonds is 3. The molecule has 1 rings (SSSR count). The predicted octanol–water partition coefficient (Wildman–Crippen LogP) is 1.50. The summed E-state index contributed by atoms with van der Waals surface area (Å²) >= 11 is 0. The van der Waals surface area contributed by atoms with Crippen LogP contribution in [-0.4, -0.2) is 31.1 Å². The van der Waals surface area contributed by atoms with E-state index in [-0.39, 0.29) is 5.92 Å². The highest BCUT2D eigenvalue weighted by atomic mass is 16.7. The minimum absolute atomic E-state index is 0.0959. The van der Waals surface area contributed by atoms with Gasteiger partial charge in [0.05, 0.1) is 5.41 Å². The Labute approximate surface area is 84.2 Å². The maximum absolute atomic E-state index is 11.1. The van der Waals surface area contributed by atoms with Crippen molar-refractivity contribution in [3.8, 4) is 0 Å². The average molecular weight is 202 g/mol. The van der Waals surface area contributed by atoms with E-state index in [9.17, 15) is 4.79 Å². The van der Waals surface area contributed by atoms with Crippen molar-refractivity contribution < 1.29 is 19.4 Å². The van der Waals surface area contributed by atoms with Gasteiger partial charge in [0.25, 0.3) is 0 Å². The third-order valence-corrected chi connectivity index (χ3v) is 3.35. The normalized spacial score (nSPS) is 35.9. The van der Waals surface area contributed by atoms with E-state index in [4.69, 9.17) is 14.6 Å². The highest BCUT2D eigenvalue weighted by molar-refractivity contribution is 5.74. The second-order valence-electron chi connectivity index (χ2n) is 4.37. The Kier molecular flexibility index (Phi) is 2.88. The highest BCUT2D eigenvalue weighted by Crippen LogP contribution is 2.49. The van der Waals surface area contributed by atoms with E-state index in [1.807, 2.05) is 6.92 Å². The summed E-state index contributed by atoms with van der Waals surface area (Å²) in [5, 5.41) is 9.10. The largest absolute Gasteiger partial charge is 0.481 e. The third kappa shape index (κ3) is 1.53. The van der Waals surface area contributed by atoms with Crippen LogP contribution in [0.2, 0.25) is 0 Å². The van der Waals surface area contributed by atoms with Crippen LogP contribution in [0.3, 0.4) is 0 Å². The molecule has 1 aliphatic carbocycles. The molecule has 82 valence electrons. The number of hydrogen-bond donors (Lipinski definition) is 1. The molecule has 0 aliphatic heterocycles. The van der Waals surface area contributed by atoms with Crippen LogP contribution in [0.5, 0.6) is 0 Å². The first-order valence-electron chi connectivity index (χ1n) is 4.74. The fourth-order valence-electron chi connectivity index (χ4n) is 2.41. The number of ether oxygens (including phenoxy) is 2. The Morgan fingerprint density at radius 3 is 2.14 bits per heavy atom. The van der Waals surface area contributed by atoms with Gasteiger partial charge in [-0.2, -0.15) is 0 Å². The van der Waals surface area contributed by atoms with Gasteiger partial charge in [0.1, 0.15) is 0 Å². The van der Waals surface area contributed by atoms with Crippen molar-refractivity contribution in [2.24, 2.45) is 11.3 Å². The lowest BCUT2D eigenvalue weighted by Crippen LogP contribution is -2.37. The fourth-order valence-corrected chi connectivity index (χ4v) is 2.41. The topological polar surface area (TPSA) is 55.8 Å². The lowest BCUT2D eigenvalue weighted by atomic mass is 9.88. The van der Waals surface area contributed by atoms with E-state index in [0.717, 1.165) is 0 Å². The molecule has 1 saturated carbocycles.